The molecule has 20 heavy (non-hydrogen) atoms. The van der Waals surface area contributed by atoms with Gasteiger partial charge < -0.3 is 15.5 Å². The van der Waals surface area contributed by atoms with Gasteiger partial charge in [-0.1, -0.05) is 0 Å². The Hall–Kier alpha value is -2.08. The number of carbonyl (C=O) groups is 2. The number of rotatable bonds is 3. The fraction of sp³-hybridized carbons (Fsp3) is 0.429. The van der Waals surface area contributed by atoms with Crippen molar-refractivity contribution in [2.75, 3.05) is 36.4 Å². The molecule has 0 radical (unpaired) electrons. The smallest absolute Gasteiger partial charge is 0.249 e. The van der Waals surface area contributed by atoms with Crippen LogP contribution in [-0.4, -0.2) is 44.0 Å². The molecule has 1 atom stereocenters. The third kappa shape index (κ3) is 2.75. The average molecular weight is 274 g/mol. The molecule has 3 rings (SSSR count). The number of benzene rings is 1. The Labute approximate surface area is 117 Å². The monoisotopic (exact) mass is 274 g/mol. The summed E-state index contributed by atoms with van der Waals surface area (Å²) in [5.41, 5.74) is 2.04. The maximum atomic E-state index is 11.5. The zero-order valence-electron chi connectivity index (χ0n) is 11.2. The van der Waals surface area contributed by atoms with Gasteiger partial charge in [0.25, 0.3) is 0 Å². The van der Waals surface area contributed by atoms with E-state index in [1.165, 1.54) is 5.69 Å². The average Bonchev–Trinajstić information content (AvgIpc) is 2.79. The highest BCUT2D eigenvalue weighted by Gasteiger charge is 2.30. The number of hydrogen-bond donors (Lipinski definition) is 3. The van der Waals surface area contributed by atoms with Gasteiger partial charge in [0.05, 0.1) is 6.42 Å². The molecule has 2 saturated heterocycles. The van der Waals surface area contributed by atoms with Gasteiger partial charge >= 0.3 is 0 Å². The molecule has 0 saturated carbocycles. The molecule has 0 bridgehead atoms. The molecular formula is C14H18N4O2. The summed E-state index contributed by atoms with van der Waals surface area (Å²) in [4.78, 5) is 24.9. The second kappa shape index (κ2) is 5.50. The van der Waals surface area contributed by atoms with E-state index in [1.54, 1.807) is 0 Å². The van der Waals surface area contributed by atoms with Crippen LogP contribution in [0.1, 0.15) is 6.42 Å². The van der Waals surface area contributed by atoms with Gasteiger partial charge in [0.15, 0.2) is 0 Å². The minimum Gasteiger partial charge on any atom is -0.373 e. The molecular weight excluding hydrogens is 256 g/mol. The van der Waals surface area contributed by atoms with E-state index >= 15 is 0 Å². The Morgan fingerprint density at radius 2 is 1.80 bits per heavy atom. The van der Waals surface area contributed by atoms with Crippen molar-refractivity contribution in [1.29, 1.82) is 0 Å². The van der Waals surface area contributed by atoms with Crippen LogP contribution < -0.4 is 20.9 Å². The van der Waals surface area contributed by atoms with Crippen LogP contribution in [0.25, 0.3) is 0 Å². The van der Waals surface area contributed by atoms with Crippen molar-refractivity contribution in [2.24, 2.45) is 0 Å². The highest BCUT2D eigenvalue weighted by Crippen LogP contribution is 2.20. The summed E-state index contributed by atoms with van der Waals surface area (Å²) in [7, 11) is 0. The van der Waals surface area contributed by atoms with Crippen molar-refractivity contribution >= 4 is 23.2 Å². The molecule has 6 nitrogen and oxygen atoms in total. The summed E-state index contributed by atoms with van der Waals surface area (Å²) in [6.45, 7) is 4.02. The SMILES string of the molecule is O=C1CC(Nc2ccc(N3CCNCC3)cc2)C(=O)N1. The Bertz CT molecular complexity index is 508. The summed E-state index contributed by atoms with van der Waals surface area (Å²) in [5, 5.41) is 8.70. The van der Waals surface area contributed by atoms with E-state index in [4.69, 9.17) is 0 Å². The molecule has 0 aliphatic carbocycles. The lowest BCUT2D eigenvalue weighted by atomic mass is 10.2. The first-order valence-electron chi connectivity index (χ1n) is 6.88. The van der Waals surface area contributed by atoms with Crippen molar-refractivity contribution < 1.29 is 9.59 Å². The first kappa shape index (κ1) is 12.9. The van der Waals surface area contributed by atoms with E-state index in [9.17, 15) is 9.59 Å². The molecule has 2 aliphatic rings. The number of imide groups is 1. The summed E-state index contributed by atoms with van der Waals surface area (Å²) in [6.07, 6.45) is 0.207. The molecule has 2 fully saturated rings. The Kier molecular flexibility index (Phi) is 3.56. The Morgan fingerprint density at radius 1 is 1.10 bits per heavy atom. The van der Waals surface area contributed by atoms with Crippen LogP contribution in [0.5, 0.6) is 0 Å². The predicted molar refractivity (Wildman–Crippen MR) is 76.7 cm³/mol. The second-order valence-corrected chi connectivity index (χ2v) is 5.10. The number of amides is 2. The molecule has 3 N–H and O–H groups in total. The fourth-order valence-electron chi connectivity index (χ4n) is 2.56. The van der Waals surface area contributed by atoms with E-state index < -0.39 is 6.04 Å². The van der Waals surface area contributed by atoms with Gasteiger partial charge in [-0.15, -0.1) is 0 Å². The zero-order valence-corrected chi connectivity index (χ0v) is 11.2. The third-order valence-corrected chi connectivity index (χ3v) is 3.66. The summed E-state index contributed by atoms with van der Waals surface area (Å²) in [6, 6.07) is 7.54. The Morgan fingerprint density at radius 3 is 2.40 bits per heavy atom. The van der Waals surface area contributed by atoms with E-state index in [-0.39, 0.29) is 18.2 Å². The van der Waals surface area contributed by atoms with Gasteiger partial charge in [0, 0.05) is 37.6 Å². The number of piperazine rings is 1. The van der Waals surface area contributed by atoms with Gasteiger partial charge in [-0.25, -0.2) is 0 Å². The maximum Gasteiger partial charge on any atom is 0.249 e. The minimum absolute atomic E-state index is 0.207. The summed E-state index contributed by atoms with van der Waals surface area (Å²) < 4.78 is 0. The first-order chi connectivity index (χ1) is 9.72. The zero-order chi connectivity index (χ0) is 13.9. The summed E-state index contributed by atoms with van der Waals surface area (Å²) in [5.74, 6) is -0.467. The predicted octanol–water partition coefficient (Wildman–Crippen LogP) is -0.0768. The molecule has 2 aliphatic heterocycles. The van der Waals surface area contributed by atoms with E-state index in [0.29, 0.717) is 0 Å². The standard InChI is InChI=1S/C14H18N4O2/c19-13-9-12(14(20)17-13)16-10-1-3-11(4-2-10)18-7-5-15-6-8-18/h1-4,12,15-16H,5-9H2,(H,17,19,20). The summed E-state index contributed by atoms with van der Waals surface area (Å²) >= 11 is 0. The van der Waals surface area contributed by atoms with Crippen molar-refractivity contribution in [3.05, 3.63) is 24.3 Å². The largest absolute Gasteiger partial charge is 0.373 e. The molecule has 2 amide bonds. The lowest BCUT2D eigenvalue weighted by molar-refractivity contribution is -0.124. The van der Waals surface area contributed by atoms with Crippen molar-refractivity contribution in [3.63, 3.8) is 0 Å². The van der Waals surface area contributed by atoms with Crippen molar-refractivity contribution in [1.82, 2.24) is 10.6 Å². The lowest BCUT2D eigenvalue weighted by Crippen LogP contribution is -2.43. The highest BCUT2D eigenvalue weighted by atomic mass is 16.2. The molecule has 0 spiro atoms. The highest BCUT2D eigenvalue weighted by molar-refractivity contribution is 6.06. The van der Waals surface area contributed by atoms with Gasteiger partial charge in [-0.2, -0.15) is 0 Å². The molecule has 106 valence electrons. The topological polar surface area (TPSA) is 73.5 Å². The minimum atomic E-state index is -0.451. The van der Waals surface area contributed by atoms with Crippen LogP contribution in [-0.2, 0) is 9.59 Å². The van der Waals surface area contributed by atoms with Crippen molar-refractivity contribution in [3.8, 4) is 0 Å². The van der Waals surface area contributed by atoms with Crippen LogP contribution in [0.4, 0.5) is 11.4 Å². The number of hydrogen-bond acceptors (Lipinski definition) is 5. The molecule has 1 unspecified atom stereocenters. The van der Waals surface area contributed by atoms with Crippen LogP contribution in [0.3, 0.4) is 0 Å². The van der Waals surface area contributed by atoms with E-state index in [1.807, 2.05) is 24.3 Å². The maximum absolute atomic E-state index is 11.5. The van der Waals surface area contributed by atoms with E-state index in [2.05, 4.69) is 20.9 Å². The second-order valence-electron chi connectivity index (χ2n) is 5.10. The molecule has 0 aromatic heterocycles. The van der Waals surface area contributed by atoms with Crippen LogP contribution >= 0.6 is 0 Å². The molecule has 1 aromatic rings. The number of carbonyl (C=O) groups excluding carboxylic acids is 2. The van der Waals surface area contributed by atoms with Gasteiger partial charge in [0.1, 0.15) is 6.04 Å². The fourth-order valence-corrected chi connectivity index (χ4v) is 2.56. The van der Waals surface area contributed by atoms with Crippen LogP contribution in [0.15, 0.2) is 24.3 Å². The molecule has 6 heteroatoms. The van der Waals surface area contributed by atoms with Gasteiger partial charge in [-0.05, 0) is 24.3 Å². The number of nitrogens with one attached hydrogen (secondary N) is 3. The normalized spacial score (nSPS) is 22.8. The van der Waals surface area contributed by atoms with Crippen LogP contribution in [0, 0.1) is 0 Å². The van der Waals surface area contributed by atoms with Crippen LogP contribution in [0.2, 0.25) is 0 Å². The lowest BCUT2D eigenvalue weighted by Gasteiger charge is -2.29. The number of anilines is 2. The number of nitrogens with zero attached hydrogens (tertiary/aromatic N) is 1. The Balaban J connectivity index is 1.64. The molecule has 1 aromatic carbocycles. The third-order valence-electron chi connectivity index (χ3n) is 3.66. The van der Waals surface area contributed by atoms with E-state index in [0.717, 1.165) is 31.9 Å². The van der Waals surface area contributed by atoms with Gasteiger partial charge in [-0.3, -0.25) is 14.9 Å². The van der Waals surface area contributed by atoms with Gasteiger partial charge in [0.2, 0.25) is 11.8 Å². The molecule has 2 heterocycles. The quantitative estimate of drug-likeness (QED) is 0.673. The van der Waals surface area contributed by atoms with Crippen molar-refractivity contribution in [2.45, 2.75) is 12.5 Å². The first-order valence-corrected chi connectivity index (χ1v) is 6.88.